The smallest absolute Gasteiger partial charge is 0.243 e. The predicted octanol–water partition coefficient (Wildman–Crippen LogP) is 1.28. The van der Waals surface area contributed by atoms with Crippen LogP contribution in [0.15, 0.2) is 53.7 Å². The second kappa shape index (κ2) is 7.25. The van der Waals surface area contributed by atoms with Gasteiger partial charge in [-0.25, -0.2) is 8.42 Å². The van der Waals surface area contributed by atoms with E-state index in [2.05, 4.69) is 10.00 Å². The molecule has 0 saturated carbocycles. The summed E-state index contributed by atoms with van der Waals surface area (Å²) < 4.78 is 28.9. The summed E-state index contributed by atoms with van der Waals surface area (Å²) in [5.41, 5.74) is 0. The number of hydrogen-bond donors (Lipinski definition) is 0. The second-order valence-electron chi connectivity index (χ2n) is 5.68. The highest BCUT2D eigenvalue weighted by Gasteiger charge is 2.26. The molecule has 0 radical (unpaired) electrons. The predicted molar refractivity (Wildman–Crippen MR) is 88.5 cm³/mol. The second-order valence-corrected chi connectivity index (χ2v) is 7.62. The Morgan fingerprint density at radius 1 is 0.957 bits per heavy atom. The first-order valence-electron chi connectivity index (χ1n) is 7.91. The third-order valence-corrected chi connectivity index (χ3v) is 6.05. The lowest BCUT2D eigenvalue weighted by molar-refractivity contribution is 0.270. The molecule has 1 saturated heterocycles. The molecular formula is C16H22N4O2S. The third kappa shape index (κ3) is 3.99. The molecule has 1 aliphatic heterocycles. The fourth-order valence-electron chi connectivity index (χ4n) is 2.83. The largest absolute Gasteiger partial charge is 0.300 e. The SMILES string of the molecule is O=S(=O)(c1ccccc1)N1CCCN(CCn2cccn2)CC1. The average molecular weight is 334 g/mol. The van der Waals surface area contributed by atoms with Gasteiger partial charge in [0, 0.05) is 38.6 Å². The van der Waals surface area contributed by atoms with Crippen molar-refractivity contribution in [2.75, 3.05) is 32.7 Å². The van der Waals surface area contributed by atoms with Gasteiger partial charge in [0.15, 0.2) is 0 Å². The molecule has 0 bridgehead atoms. The molecule has 3 rings (SSSR count). The highest BCUT2D eigenvalue weighted by Crippen LogP contribution is 2.17. The molecule has 1 fully saturated rings. The maximum atomic E-state index is 12.7. The monoisotopic (exact) mass is 334 g/mol. The Morgan fingerprint density at radius 3 is 2.52 bits per heavy atom. The van der Waals surface area contributed by atoms with E-state index in [4.69, 9.17) is 0 Å². The van der Waals surface area contributed by atoms with Crippen molar-refractivity contribution in [3.05, 3.63) is 48.8 Å². The molecule has 0 spiro atoms. The van der Waals surface area contributed by atoms with Crippen LogP contribution in [0.5, 0.6) is 0 Å². The highest BCUT2D eigenvalue weighted by atomic mass is 32.2. The van der Waals surface area contributed by atoms with Crippen LogP contribution in [0.3, 0.4) is 0 Å². The fraction of sp³-hybridized carbons (Fsp3) is 0.438. The first-order chi connectivity index (χ1) is 11.2. The molecule has 1 aromatic carbocycles. The third-order valence-electron chi connectivity index (χ3n) is 4.13. The van der Waals surface area contributed by atoms with Crippen molar-refractivity contribution in [3.8, 4) is 0 Å². The van der Waals surface area contributed by atoms with Crippen LogP contribution in [0.25, 0.3) is 0 Å². The lowest BCUT2D eigenvalue weighted by atomic mass is 10.4. The van der Waals surface area contributed by atoms with Gasteiger partial charge in [-0.2, -0.15) is 9.40 Å². The number of nitrogens with zero attached hydrogens (tertiary/aromatic N) is 4. The van der Waals surface area contributed by atoms with Crippen LogP contribution in [0.1, 0.15) is 6.42 Å². The van der Waals surface area contributed by atoms with E-state index in [9.17, 15) is 8.42 Å². The molecule has 0 N–H and O–H groups in total. The van der Waals surface area contributed by atoms with Gasteiger partial charge in [0.2, 0.25) is 10.0 Å². The molecule has 2 aromatic rings. The minimum absolute atomic E-state index is 0.380. The van der Waals surface area contributed by atoms with Crippen LogP contribution in [-0.4, -0.2) is 60.1 Å². The van der Waals surface area contributed by atoms with Crippen LogP contribution in [-0.2, 0) is 16.6 Å². The standard InChI is InChI=1S/C16H22N4O2S/c21-23(22,16-6-2-1-3-7-16)20-11-5-9-18(13-15-20)12-14-19-10-4-8-17-19/h1-4,6-8,10H,5,9,11-15H2. The summed E-state index contributed by atoms with van der Waals surface area (Å²) in [6.07, 6.45) is 4.58. The molecular weight excluding hydrogens is 312 g/mol. The van der Waals surface area contributed by atoms with Gasteiger partial charge in [0.25, 0.3) is 0 Å². The van der Waals surface area contributed by atoms with E-state index in [1.807, 2.05) is 23.0 Å². The molecule has 1 aromatic heterocycles. The summed E-state index contributed by atoms with van der Waals surface area (Å²) in [5, 5.41) is 4.20. The number of benzene rings is 1. The molecule has 0 amide bonds. The van der Waals surface area contributed by atoms with Gasteiger partial charge in [-0.15, -0.1) is 0 Å². The normalized spacial score (nSPS) is 17.9. The minimum atomic E-state index is -3.38. The summed E-state index contributed by atoms with van der Waals surface area (Å²) in [4.78, 5) is 2.69. The summed E-state index contributed by atoms with van der Waals surface area (Å²) in [5.74, 6) is 0. The van der Waals surface area contributed by atoms with Crippen LogP contribution in [0.2, 0.25) is 0 Å². The minimum Gasteiger partial charge on any atom is -0.300 e. The number of sulfonamides is 1. The lowest BCUT2D eigenvalue weighted by Gasteiger charge is -2.21. The molecule has 1 aliphatic rings. The van der Waals surface area contributed by atoms with Crippen LogP contribution in [0.4, 0.5) is 0 Å². The van der Waals surface area contributed by atoms with Gasteiger partial charge in [0.05, 0.1) is 11.4 Å². The van der Waals surface area contributed by atoms with Crippen molar-refractivity contribution in [2.45, 2.75) is 17.9 Å². The van der Waals surface area contributed by atoms with Crippen molar-refractivity contribution in [2.24, 2.45) is 0 Å². The van der Waals surface area contributed by atoms with E-state index >= 15 is 0 Å². The van der Waals surface area contributed by atoms with E-state index in [0.29, 0.717) is 18.0 Å². The van der Waals surface area contributed by atoms with Gasteiger partial charge in [0.1, 0.15) is 0 Å². The highest BCUT2D eigenvalue weighted by molar-refractivity contribution is 7.89. The van der Waals surface area contributed by atoms with Crippen LogP contribution < -0.4 is 0 Å². The average Bonchev–Trinajstić information content (AvgIpc) is 2.97. The van der Waals surface area contributed by atoms with Crippen molar-refractivity contribution < 1.29 is 8.42 Å². The summed E-state index contributed by atoms with van der Waals surface area (Å²) in [6.45, 7) is 4.51. The van der Waals surface area contributed by atoms with Crippen LogP contribution >= 0.6 is 0 Å². The van der Waals surface area contributed by atoms with E-state index in [1.54, 1.807) is 34.8 Å². The molecule has 0 atom stereocenters. The van der Waals surface area contributed by atoms with E-state index < -0.39 is 10.0 Å². The molecule has 6 nitrogen and oxygen atoms in total. The summed E-state index contributed by atoms with van der Waals surface area (Å²) in [7, 11) is -3.38. The summed E-state index contributed by atoms with van der Waals surface area (Å²) >= 11 is 0. The van der Waals surface area contributed by atoms with Gasteiger partial charge in [-0.05, 0) is 31.2 Å². The Bertz CT molecular complexity index is 701. The Morgan fingerprint density at radius 2 is 1.78 bits per heavy atom. The number of hydrogen-bond acceptors (Lipinski definition) is 4. The van der Waals surface area contributed by atoms with Crippen molar-refractivity contribution in [3.63, 3.8) is 0 Å². The lowest BCUT2D eigenvalue weighted by Crippen LogP contribution is -2.36. The Hall–Kier alpha value is -1.70. The van der Waals surface area contributed by atoms with Crippen molar-refractivity contribution in [1.82, 2.24) is 19.0 Å². The molecule has 7 heteroatoms. The van der Waals surface area contributed by atoms with Gasteiger partial charge < -0.3 is 4.90 Å². The zero-order chi connectivity index (χ0) is 16.1. The van der Waals surface area contributed by atoms with Crippen molar-refractivity contribution in [1.29, 1.82) is 0 Å². The molecule has 124 valence electrons. The first kappa shape index (κ1) is 16.2. The quantitative estimate of drug-likeness (QED) is 0.826. The number of aromatic nitrogens is 2. The zero-order valence-corrected chi connectivity index (χ0v) is 13.9. The fourth-order valence-corrected chi connectivity index (χ4v) is 4.32. The Labute approximate surface area is 137 Å². The Balaban J connectivity index is 1.60. The van der Waals surface area contributed by atoms with E-state index in [-0.39, 0.29) is 0 Å². The van der Waals surface area contributed by atoms with Crippen molar-refractivity contribution >= 4 is 10.0 Å². The van der Waals surface area contributed by atoms with E-state index in [0.717, 1.165) is 32.6 Å². The molecule has 0 unspecified atom stereocenters. The maximum Gasteiger partial charge on any atom is 0.243 e. The zero-order valence-electron chi connectivity index (χ0n) is 13.1. The Kier molecular flexibility index (Phi) is 5.09. The van der Waals surface area contributed by atoms with E-state index in [1.165, 1.54) is 0 Å². The first-order valence-corrected chi connectivity index (χ1v) is 9.35. The van der Waals surface area contributed by atoms with Gasteiger partial charge in [-0.1, -0.05) is 18.2 Å². The maximum absolute atomic E-state index is 12.7. The molecule has 0 aliphatic carbocycles. The number of rotatable bonds is 5. The van der Waals surface area contributed by atoms with Crippen LogP contribution in [0, 0.1) is 0 Å². The summed E-state index contributed by atoms with van der Waals surface area (Å²) in [6, 6.07) is 10.6. The molecule has 23 heavy (non-hydrogen) atoms. The topological polar surface area (TPSA) is 58.4 Å². The van der Waals surface area contributed by atoms with Gasteiger partial charge in [-0.3, -0.25) is 4.68 Å². The van der Waals surface area contributed by atoms with Gasteiger partial charge >= 0.3 is 0 Å². The molecule has 2 heterocycles.